The van der Waals surface area contributed by atoms with E-state index in [2.05, 4.69) is 0 Å². The molecule has 2 aromatic carbocycles. The predicted octanol–water partition coefficient (Wildman–Crippen LogP) is 3.76. The summed E-state index contributed by atoms with van der Waals surface area (Å²) in [6.07, 6.45) is 0.684. The summed E-state index contributed by atoms with van der Waals surface area (Å²) in [5.41, 5.74) is 8.71. The lowest BCUT2D eigenvalue weighted by molar-refractivity contribution is 0.413. The molecule has 0 fully saturated rings. The largest absolute Gasteiger partial charge is 0.497 e. The van der Waals surface area contributed by atoms with Gasteiger partial charge < -0.3 is 10.5 Å². The van der Waals surface area contributed by atoms with Crippen LogP contribution in [0.3, 0.4) is 0 Å². The van der Waals surface area contributed by atoms with Gasteiger partial charge in [-0.05, 0) is 54.3 Å². The van der Waals surface area contributed by atoms with Gasteiger partial charge in [0, 0.05) is 0 Å². The van der Waals surface area contributed by atoms with E-state index < -0.39 is 5.54 Å². The second-order valence-electron chi connectivity index (χ2n) is 5.02. The molecule has 20 heavy (non-hydrogen) atoms. The van der Waals surface area contributed by atoms with Crippen molar-refractivity contribution < 1.29 is 9.13 Å². The molecule has 0 bridgehead atoms. The quantitative estimate of drug-likeness (QED) is 0.920. The fourth-order valence-electron chi connectivity index (χ4n) is 2.58. The molecule has 0 heterocycles. The molecule has 2 aromatic rings. The van der Waals surface area contributed by atoms with Crippen molar-refractivity contribution in [3.05, 3.63) is 65.0 Å². The molecule has 2 nitrogen and oxygen atoms in total. The summed E-state index contributed by atoms with van der Waals surface area (Å²) in [5, 5.41) is 0. The van der Waals surface area contributed by atoms with E-state index in [0.29, 0.717) is 6.42 Å². The Balaban J connectivity index is 2.56. The van der Waals surface area contributed by atoms with Crippen LogP contribution in [0.1, 0.15) is 30.0 Å². The number of aryl methyl sites for hydroxylation is 1. The van der Waals surface area contributed by atoms with E-state index in [1.54, 1.807) is 13.2 Å². The second kappa shape index (κ2) is 5.63. The zero-order valence-corrected chi connectivity index (χ0v) is 12.1. The molecule has 0 aromatic heterocycles. The van der Waals surface area contributed by atoms with Crippen molar-refractivity contribution in [1.29, 1.82) is 0 Å². The zero-order valence-electron chi connectivity index (χ0n) is 12.1. The van der Waals surface area contributed by atoms with Gasteiger partial charge >= 0.3 is 0 Å². The highest BCUT2D eigenvalue weighted by atomic mass is 19.1. The number of rotatable bonds is 4. The van der Waals surface area contributed by atoms with Gasteiger partial charge in [-0.25, -0.2) is 4.39 Å². The highest BCUT2D eigenvalue weighted by Gasteiger charge is 2.29. The third-order valence-corrected chi connectivity index (χ3v) is 3.81. The standard InChI is InChI=1S/C17H20FNO/c1-4-17(19,13-6-5-7-14(18)11-13)16-9-8-15(20-3)10-12(16)2/h5-11H,4,19H2,1-3H3. The van der Waals surface area contributed by atoms with Gasteiger partial charge in [0.25, 0.3) is 0 Å². The summed E-state index contributed by atoms with van der Waals surface area (Å²) >= 11 is 0. The lowest BCUT2D eigenvalue weighted by Gasteiger charge is -2.31. The third-order valence-electron chi connectivity index (χ3n) is 3.81. The van der Waals surface area contributed by atoms with E-state index in [9.17, 15) is 4.39 Å². The smallest absolute Gasteiger partial charge is 0.123 e. The van der Waals surface area contributed by atoms with Gasteiger partial charge in [-0.2, -0.15) is 0 Å². The Labute approximate surface area is 119 Å². The molecule has 0 aliphatic rings. The topological polar surface area (TPSA) is 35.2 Å². The fourth-order valence-corrected chi connectivity index (χ4v) is 2.58. The van der Waals surface area contributed by atoms with Gasteiger partial charge in [-0.1, -0.05) is 25.1 Å². The minimum absolute atomic E-state index is 0.267. The van der Waals surface area contributed by atoms with Gasteiger partial charge in [0.05, 0.1) is 12.6 Å². The van der Waals surface area contributed by atoms with E-state index in [4.69, 9.17) is 10.5 Å². The average molecular weight is 273 g/mol. The first-order valence-corrected chi connectivity index (χ1v) is 6.71. The number of methoxy groups -OCH3 is 1. The molecule has 0 spiro atoms. The average Bonchev–Trinajstić information content (AvgIpc) is 2.46. The van der Waals surface area contributed by atoms with Crippen LogP contribution in [0.15, 0.2) is 42.5 Å². The minimum Gasteiger partial charge on any atom is -0.497 e. The molecule has 2 rings (SSSR count). The van der Waals surface area contributed by atoms with Gasteiger partial charge in [-0.3, -0.25) is 0 Å². The summed E-state index contributed by atoms with van der Waals surface area (Å²) in [4.78, 5) is 0. The maximum Gasteiger partial charge on any atom is 0.123 e. The number of hydrogen-bond donors (Lipinski definition) is 1. The van der Waals surface area contributed by atoms with E-state index in [-0.39, 0.29) is 5.82 Å². The van der Waals surface area contributed by atoms with Crippen LogP contribution in [-0.4, -0.2) is 7.11 Å². The fraction of sp³-hybridized carbons (Fsp3) is 0.294. The van der Waals surface area contributed by atoms with Gasteiger partial charge in [0.2, 0.25) is 0 Å². The molecular formula is C17H20FNO. The van der Waals surface area contributed by atoms with Crippen molar-refractivity contribution in [2.24, 2.45) is 5.73 Å². The number of halogens is 1. The van der Waals surface area contributed by atoms with Crippen molar-refractivity contribution in [2.45, 2.75) is 25.8 Å². The molecule has 1 unspecified atom stereocenters. The van der Waals surface area contributed by atoms with E-state index in [1.807, 2.05) is 38.1 Å². The minimum atomic E-state index is -0.696. The highest BCUT2D eigenvalue weighted by molar-refractivity contribution is 5.45. The Morgan fingerprint density at radius 3 is 2.50 bits per heavy atom. The summed E-state index contributed by atoms with van der Waals surface area (Å²) in [7, 11) is 1.64. The molecule has 2 N–H and O–H groups in total. The first-order valence-electron chi connectivity index (χ1n) is 6.71. The van der Waals surface area contributed by atoms with Crippen LogP contribution in [0.5, 0.6) is 5.75 Å². The van der Waals surface area contributed by atoms with Crippen molar-refractivity contribution >= 4 is 0 Å². The van der Waals surface area contributed by atoms with Crippen LogP contribution < -0.4 is 10.5 Å². The summed E-state index contributed by atoms with van der Waals surface area (Å²) in [5.74, 6) is 0.529. The Hall–Kier alpha value is -1.87. The predicted molar refractivity (Wildman–Crippen MR) is 79.4 cm³/mol. The molecule has 1 atom stereocenters. The SMILES string of the molecule is CCC(N)(c1cccc(F)c1)c1ccc(OC)cc1C. The van der Waals surface area contributed by atoms with Crippen LogP contribution in [0, 0.1) is 12.7 Å². The molecule has 0 saturated carbocycles. The summed E-state index contributed by atoms with van der Waals surface area (Å²) in [6, 6.07) is 12.3. The molecule has 0 amide bonds. The molecule has 0 aliphatic carbocycles. The highest BCUT2D eigenvalue weighted by Crippen LogP contribution is 2.34. The first-order chi connectivity index (χ1) is 9.51. The lowest BCUT2D eigenvalue weighted by atomic mass is 9.79. The van der Waals surface area contributed by atoms with Crippen molar-refractivity contribution in [3.63, 3.8) is 0 Å². The van der Waals surface area contributed by atoms with E-state index >= 15 is 0 Å². The van der Waals surface area contributed by atoms with Crippen molar-refractivity contribution in [1.82, 2.24) is 0 Å². The van der Waals surface area contributed by atoms with Gasteiger partial charge in [0.1, 0.15) is 11.6 Å². The van der Waals surface area contributed by atoms with Crippen molar-refractivity contribution in [3.8, 4) is 5.75 Å². The van der Waals surface area contributed by atoms with Crippen LogP contribution >= 0.6 is 0 Å². The Kier molecular flexibility index (Phi) is 4.09. The van der Waals surface area contributed by atoms with Crippen LogP contribution in [0.2, 0.25) is 0 Å². The monoisotopic (exact) mass is 273 g/mol. The molecule has 106 valence electrons. The number of nitrogens with two attached hydrogens (primary N) is 1. The van der Waals surface area contributed by atoms with Crippen LogP contribution in [0.4, 0.5) is 4.39 Å². The lowest BCUT2D eigenvalue weighted by Crippen LogP contribution is -2.38. The number of hydrogen-bond acceptors (Lipinski definition) is 2. The second-order valence-corrected chi connectivity index (χ2v) is 5.02. The number of benzene rings is 2. The Morgan fingerprint density at radius 2 is 1.95 bits per heavy atom. The van der Waals surface area contributed by atoms with Crippen LogP contribution in [0.25, 0.3) is 0 Å². The normalized spacial score (nSPS) is 13.8. The van der Waals surface area contributed by atoms with E-state index in [0.717, 1.165) is 22.4 Å². The maximum atomic E-state index is 13.5. The molecular weight excluding hydrogens is 253 g/mol. The van der Waals surface area contributed by atoms with Gasteiger partial charge in [0.15, 0.2) is 0 Å². The van der Waals surface area contributed by atoms with Crippen LogP contribution in [-0.2, 0) is 5.54 Å². The number of ether oxygens (including phenoxy) is 1. The zero-order chi connectivity index (χ0) is 14.8. The van der Waals surface area contributed by atoms with E-state index in [1.165, 1.54) is 12.1 Å². The molecule has 0 radical (unpaired) electrons. The summed E-state index contributed by atoms with van der Waals surface area (Å²) in [6.45, 7) is 4.00. The molecule has 3 heteroatoms. The first kappa shape index (κ1) is 14.5. The third kappa shape index (κ3) is 2.54. The van der Waals surface area contributed by atoms with Crippen molar-refractivity contribution in [2.75, 3.05) is 7.11 Å². The Bertz CT molecular complexity index is 612. The summed E-state index contributed by atoms with van der Waals surface area (Å²) < 4.78 is 18.7. The molecule has 0 saturated heterocycles. The molecule has 0 aliphatic heterocycles. The van der Waals surface area contributed by atoms with Gasteiger partial charge in [-0.15, -0.1) is 0 Å². The maximum absolute atomic E-state index is 13.5. The Morgan fingerprint density at radius 1 is 1.20 bits per heavy atom.